The lowest BCUT2D eigenvalue weighted by Crippen LogP contribution is -2.43. The zero-order valence-corrected chi connectivity index (χ0v) is 17.1. The summed E-state index contributed by atoms with van der Waals surface area (Å²) in [6, 6.07) is 15.8. The minimum Gasteiger partial charge on any atom is -0.297 e. The third-order valence-electron chi connectivity index (χ3n) is 6.26. The molecule has 2 aliphatic rings. The van der Waals surface area contributed by atoms with Gasteiger partial charge in [-0.15, -0.1) is 0 Å². The van der Waals surface area contributed by atoms with Gasteiger partial charge in [-0.25, -0.2) is 4.68 Å². The number of pyridine rings is 1. The third-order valence-corrected chi connectivity index (χ3v) is 6.26. The molecule has 1 atom stereocenters. The molecule has 0 saturated carbocycles. The number of benzene rings is 1. The van der Waals surface area contributed by atoms with Crippen molar-refractivity contribution < 1.29 is 0 Å². The molecule has 7 heteroatoms. The summed E-state index contributed by atoms with van der Waals surface area (Å²) >= 11 is 0. The Kier molecular flexibility index (Phi) is 4.62. The van der Waals surface area contributed by atoms with Crippen LogP contribution >= 0.6 is 0 Å². The molecule has 2 aliphatic heterocycles. The maximum atomic E-state index is 12.8. The number of hydrogen-bond acceptors (Lipinski definition) is 5. The van der Waals surface area contributed by atoms with Gasteiger partial charge in [0.1, 0.15) is 5.82 Å². The lowest BCUT2D eigenvalue weighted by Gasteiger charge is -2.22. The van der Waals surface area contributed by atoms with Crippen molar-refractivity contribution in [3.8, 4) is 0 Å². The third kappa shape index (κ3) is 3.50. The standard InChI is InChI=1S/C23H25N5O2/c1-17-6-5-9-19(24-17)14-26-11-10-23(15-26)12-20-25-28(13-18-7-3-2-4-8-18)22(30)21(29)27(20)16-23/h2-9H,10-16H2,1H3/t23-/m0/s1. The molecule has 0 bridgehead atoms. The number of likely N-dealkylation sites (tertiary alicyclic amines) is 1. The highest BCUT2D eigenvalue weighted by Crippen LogP contribution is 2.39. The van der Waals surface area contributed by atoms with Crippen LogP contribution in [0.5, 0.6) is 0 Å². The zero-order chi connectivity index (χ0) is 20.7. The zero-order valence-electron chi connectivity index (χ0n) is 17.1. The molecule has 1 spiro atoms. The normalized spacial score (nSPS) is 20.7. The summed E-state index contributed by atoms with van der Waals surface area (Å²) in [5.74, 6) is 0.728. The molecule has 0 amide bonds. The lowest BCUT2D eigenvalue weighted by atomic mass is 9.86. The first-order valence-electron chi connectivity index (χ1n) is 10.4. The van der Waals surface area contributed by atoms with Gasteiger partial charge in [-0.2, -0.15) is 5.10 Å². The van der Waals surface area contributed by atoms with Gasteiger partial charge in [-0.3, -0.25) is 24.0 Å². The highest BCUT2D eigenvalue weighted by atomic mass is 16.2. The van der Waals surface area contributed by atoms with Crippen LogP contribution in [0.15, 0.2) is 58.1 Å². The second-order valence-electron chi connectivity index (χ2n) is 8.66. The fourth-order valence-electron chi connectivity index (χ4n) is 4.82. The van der Waals surface area contributed by atoms with Crippen molar-refractivity contribution in [1.29, 1.82) is 0 Å². The Bertz CT molecular complexity index is 1200. The van der Waals surface area contributed by atoms with Gasteiger partial charge in [0.25, 0.3) is 0 Å². The highest BCUT2D eigenvalue weighted by molar-refractivity contribution is 5.15. The van der Waals surface area contributed by atoms with Gasteiger partial charge in [-0.1, -0.05) is 36.4 Å². The fraction of sp³-hybridized carbons (Fsp3) is 0.391. The van der Waals surface area contributed by atoms with E-state index in [0.29, 0.717) is 13.1 Å². The van der Waals surface area contributed by atoms with Crippen LogP contribution in [0, 0.1) is 12.3 Å². The van der Waals surface area contributed by atoms with Crippen molar-refractivity contribution in [2.24, 2.45) is 5.41 Å². The van der Waals surface area contributed by atoms with Gasteiger partial charge in [0.2, 0.25) is 0 Å². The Labute approximate surface area is 174 Å². The van der Waals surface area contributed by atoms with Gasteiger partial charge in [-0.05, 0) is 37.6 Å². The predicted octanol–water partition coefficient (Wildman–Crippen LogP) is 1.61. The minimum atomic E-state index is -0.543. The molecule has 4 heterocycles. The van der Waals surface area contributed by atoms with Crippen LogP contribution in [0.1, 0.15) is 29.2 Å². The van der Waals surface area contributed by atoms with Gasteiger partial charge < -0.3 is 0 Å². The average molecular weight is 403 g/mol. The van der Waals surface area contributed by atoms with Crippen LogP contribution in [0.2, 0.25) is 0 Å². The molecule has 1 fully saturated rings. The predicted molar refractivity (Wildman–Crippen MR) is 113 cm³/mol. The van der Waals surface area contributed by atoms with E-state index in [2.05, 4.69) is 21.0 Å². The Balaban J connectivity index is 1.36. The molecule has 0 aliphatic carbocycles. The number of aryl methyl sites for hydroxylation is 1. The summed E-state index contributed by atoms with van der Waals surface area (Å²) in [5.41, 5.74) is 2.03. The summed E-state index contributed by atoms with van der Waals surface area (Å²) in [7, 11) is 0. The summed E-state index contributed by atoms with van der Waals surface area (Å²) in [5, 5.41) is 4.58. The topological polar surface area (TPSA) is 73.0 Å². The molecular weight excluding hydrogens is 378 g/mol. The molecule has 7 nitrogen and oxygen atoms in total. The van der Waals surface area contributed by atoms with Gasteiger partial charge in [0, 0.05) is 37.2 Å². The van der Waals surface area contributed by atoms with Crippen molar-refractivity contribution in [3.05, 3.63) is 92.0 Å². The van der Waals surface area contributed by atoms with Crippen molar-refractivity contribution >= 4 is 0 Å². The van der Waals surface area contributed by atoms with E-state index in [1.165, 1.54) is 4.68 Å². The van der Waals surface area contributed by atoms with E-state index < -0.39 is 11.1 Å². The number of fused-ring (bicyclic) bond motifs is 1. The SMILES string of the molecule is Cc1cccc(CN2CC[C@]3(Cc4nn(Cc5ccccc5)c(=O)c(=O)n4C3)C2)n1. The Morgan fingerprint density at radius 1 is 0.967 bits per heavy atom. The molecule has 3 aromatic rings. The summed E-state index contributed by atoms with van der Waals surface area (Å²) in [6.45, 7) is 5.56. The summed E-state index contributed by atoms with van der Waals surface area (Å²) in [4.78, 5) is 32.4. The maximum absolute atomic E-state index is 12.8. The van der Waals surface area contributed by atoms with E-state index in [1.807, 2.05) is 49.4 Å². The van der Waals surface area contributed by atoms with Crippen LogP contribution in [-0.2, 0) is 26.1 Å². The molecule has 2 aromatic heterocycles. The maximum Gasteiger partial charge on any atom is 0.332 e. The number of rotatable bonds is 4. The van der Waals surface area contributed by atoms with Crippen LogP contribution in [0.4, 0.5) is 0 Å². The molecule has 0 N–H and O–H groups in total. The first kappa shape index (κ1) is 18.9. The molecule has 30 heavy (non-hydrogen) atoms. The summed E-state index contributed by atoms with van der Waals surface area (Å²) < 4.78 is 2.93. The number of hydrogen-bond donors (Lipinski definition) is 0. The molecule has 1 saturated heterocycles. The van der Waals surface area contributed by atoms with Crippen molar-refractivity contribution in [1.82, 2.24) is 24.2 Å². The molecule has 5 rings (SSSR count). The summed E-state index contributed by atoms with van der Waals surface area (Å²) in [6.07, 6.45) is 1.73. The van der Waals surface area contributed by atoms with E-state index >= 15 is 0 Å². The first-order valence-corrected chi connectivity index (χ1v) is 10.4. The number of aromatic nitrogens is 4. The van der Waals surface area contributed by atoms with Crippen molar-refractivity contribution in [2.75, 3.05) is 13.1 Å². The monoisotopic (exact) mass is 403 g/mol. The second-order valence-corrected chi connectivity index (χ2v) is 8.66. The van der Waals surface area contributed by atoms with E-state index in [9.17, 15) is 9.59 Å². The van der Waals surface area contributed by atoms with E-state index in [-0.39, 0.29) is 5.41 Å². The van der Waals surface area contributed by atoms with Crippen LogP contribution < -0.4 is 11.1 Å². The van der Waals surface area contributed by atoms with Crippen molar-refractivity contribution in [3.63, 3.8) is 0 Å². The van der Waals surface area contributed by atoms with E-state index in [1.54, 1.807) is 4.57 Å². The van der Waals surface area contributed by atoms with E-state index in [4.69, 9.17) is 0 Å². The van der Waals surface area contributed by atoms with Gasteiger partial charge >= 0.3 is 11.1 Å². The first-order chi connectivity index (χ1) is 14.5. The average Bonchev–Trinajstić information content (AvgIpc) is 3.29. The lowest BCUT2D eigenvalue weighted by molar-refractivity contribution is 0.244. The van der Waals surface area contributed by atoms with Crippen LogP contribution in [-0.4, -0.2) is 37.3 Å². The van der Waals surface area contributed by atoms with Crippen LogP contribution in [0.25, 0.3) is 0 Å². The van der Waals surface area contributed by atoms with E-state index in [0.717, 1.165) is 55.3 Å². The molecular formula is C23H25N5O2. The Morgan fingerprint density at radius 2 is 1.80 bits per heavy atom. The Morgan fingerprint density at radius 3 is 2.60 bits per heavy atom. The minimum absolute atomic E-state index is 0.0264. The van der Waals surface area contributed by atoms with Crippen LogP contribution in [0.3, 0.4) is 0 Å². The van der Waals surface area contributed by atoms with Crippen molar-refractivity contribution in [2.45, 2.75) is 39.4 Å². The Hall–Kier alpha value is -3.06. The quantitative estimate of drug-likeness (QED) is 0.619. The molecule has 0 radical (unpaired) electrons. The fourth-order valence-corrected chi connectivity index (χ4v) is 4.82. The molecule has 0 unspecified atom stereocenters. The largest absolute Gasteiger partial charge is 0.332 e. The smallest absolute Gasteiger partial charge is 0.297 e. The molecule has 154 valence electrons. The second kappa shape index (κ2) is 7.32. The highest BCUT2D eigenvalue weighted by Gasteiger charge is 2.44. The molecule has 1 aromatic carbocycles. The van der Waals surface area contributed by atoms with Gasteiger partial charge in [0.15, 0.2) is 0 Å². The van der Waals surface area contributed by atoms with Gasteiger partial charge in [0.05, 0.1) is 12.2 Å². The number of nitrogens with zero attached hydrogens (tertiary/aromatic N) is 5.